The van der Waals surface area contributed by atoms with E-state index in [-0.39, 0.29) is 0 Å². The summed E-state index contributed by atoms with van der Waals surface area (Å²) in [4.78, 5) is 0. The fraction of sp³-hybridized carbons (Fsp3) is 0. The highest BCUT2D eigenvalue weighted by Crippen LogP contribution is 2.33. The third kappa shape index (κ3) is 1.39. The largest absolute Gasteiger partial charge is 0.504 e. The van der Waals surface area contributed by atoms with E-state index in [2.05, 4.69) is 0 Å². The van der Waals surface area contributed by atoms with Gasteiger partial charge in [-0.3, -0.25) is 0 Å². The van der Waals surface area contributed by atoms with Crippen LogP contribution in [0.5, 0.6) is 5.75 Å². The van der Waals surface area contributed by atoms with Crippen molar-refractivity contribution >= 4 is 23.2 Å². The van der Waals surface area contributed by atoms with Gasteiger partial charge in [0.25, 0.3) is 0 Å². The van der Waals surface area contributed by atoms with E-state index in [4.69, 9.17) is 28.3 Å². The Kier molecular flexibility index (Phi) is 2.20. The van der Waals surface area contributed by atoms with Gasteiger partial charge in [0.15, 0.2) is 11.6 Å². The highest BCUT2D eigenvalue weighted by Gasteiger charge is 2.14. The van der Waals surface area contributed by atoms with Crippen molar-refractivity contribution in [1.82, 2.24) is 0 Å². The molecule has 0 unspecified atom stereocenters. The molecule has 0 aliphatic heterocycles. The molecule has 0 radical (unpaired) electrons. The van der Waals surface area contributed by atoms with Crippen LogP contribution in [0.15, 0.2) is 6.07 Å². The number of phenolic OH excluding ortho intramolecular Hbond substituents is 1. The average molecular weight is 199 g/mol. The summed E-state index contributed by atoms with van der Waals surface area (Å²) in [6.45, 7) is 0. The summed E-state index contributed by atoms with van der Waals surface area (Å²) in [5.41, 5.74) is 0. The molecule has 0 heterocycles. The van der Waals surface area contributed by atoms with Gasteiger partial charge in [-0.15, -0.1) is 0 Å². The molecule has 1 nitrogen and oxygen atoms in total. The van der Waals surface area contributed by atoms with Crippen LogP contribution in [0.4, 0.5) is 8.78 Å². The second-order valence-electron chi connectivity index (χ2n) is 1.82. The summed E-state index contributed by atoms with van der Waals surface area (Å²) in [5, 5.41) is 7.60. The molecule has 60 valence electrons. The van der Waals surface area contributed by atoms with Crippen LogP contribution >= 0.6 is 23.2 Å². The zero-order valence-electron chi connectivity index (χ0n) is 5.04. The van der Waals surface area contributed by atoms with Gasteiger partial charge in [0, 0.05) is 0 Å². The summed E-state index contributed by atoms with van der Waals surface area (Å²) in [6, 6.07) is 0.738. The molecule has 0 spiro atoms. The molecular weight excluding hydrogens is 197 g/mol. The van der Waals surface area contributed by atoms with Crippen molar-refractivity contribution < 1.29 is 13.9 Å². The number of halogens is 4. The highest BCUT2D eigenvalue weighted by atomic mass is 35.5. The zero-order valence-corrected chi connectivity index (χ0v) is 6.55. The number of benzene rings is 1. The zero-order chi connectivity index (χ0) is 8.59. The van der Waals surface area contributed by atoms with Crippen LogP contribution in [0.3, 0.4) is 0 Å². The van der Waals surface area contributed by atoms with Gasteiger partial charge in [0.1, 0.15) is 10.8 Å². The number of phenols is 1. The number of rotatable bonds is 0. The molecule has 0 aromatic heterocycles. The lowest BCUT2D eigenvalue weighted by Gasteiger charge is -2.00. The Bertz CT molecular complexity index is 275. The second kappa shape index (κ2) is 2.83. The van der Waals surface area contributed by atoms with Gasteiger partial charge >= 0.3 is 0 Å². The average Bonchev–Trinajstić information content (AvgIpc) is 1.97. The van der Waals surface area contributed by atoms with E-state index in [0.717, 1.165) is 6.07 Å². The fourth-order valence-corrected chi connectivity index (χ4v) is 0.879. The van der Waals surface area contributed by atoms with Gasteiger partial charge in [-0.2, -0.15) is 0 Å². The molecule has 1 rings (SSSR count). The van der Waals surface area contributed by atoms with Gasteiger partial charge < -0.3 is 5.11 Å². The second-order valence-corrected chi connectivity index (χ2v) is 2.60. The smallest absolute Gasteiger partial charge is 0.187 e. The van der Waals surface area contributed by atoms with Crippen molar-refractivity contribution in [3.05, 3.63) is 27.7 Å². The first-order valence-corrected chi connectivity index (χ1v) is 3.31. The first-order chi connectivity index (χ1) is 5.04. The topological polar surface area (TPSA) is 20.2 Å². The van der Waals surface area contributed by atoms with Crippen LogP contribution in [-0.2, 0) is 0 Å². The molecule has 0 bridgehead atoms. The van der Waals surface area contributed by atoms with Crippen LogP contribution in [0.1, 0.15) is 0 Å². The molecule has 0 aliphatic rings. The maximum absolute atomic E-state index is 12.5. The third-order valence-electron chi connectivity index (χ3n) is 1.09. The maximum atomic E-state index is 12.5. The van der Waals surface area contributed by atoms with E-state index in [1.54, 1.807) is 0 Å². The molecule has 0 atom stereocenters. The third-order valence-corrected chi connectivity index (χ3v) is 1.72. The van der Waals surface area contributed by atoms with E-state index in [1.807, 2.05) is 0 Å². The van der Waals surface area contributed by atoms with E-state index in [0.29, 0.717) is 0 Å². The Hall–Kier alpha value is -0.540. The monoisotopic (exact) mass is 198 g/mol. The van der Waals surface area contributed by atoms with Crippen LogP contribution in [0, 0.1) is 11.6 Å². The fourth-order valence-electron chi connectivity index (χ4n) is 0.557. The lowest BCUT2D eigenvalue weighted by atomic mass is 10.3. The van der Waals surface area contributed by atoms with Crippen LogP contribution < -0.4 is 0 Å². The number of aromatic hydroxyl groups is 1. The Morgan fingerprint density at radius 2 is 1.82 bits per heavy atom. The van der Waals surface area contributed by atoms with Crippen molar-refractivity contribution in [2.45, 2.75) is 0 Å². The predicted octanol–water partition coefficient (Wildman–Crippen LogP) is 2.98. The van der Waals surface area contributed by atoms with Crippen molar-refractivity contribution in [3.63, 3.8) is 0 Å². The van der Waals surface area contributed by atoms with Gasteiger partial charge in [0.05, 0.1) is 5.02 Å². The van der Waals surface area contributed by atoms with Gasteiger partial charge in [-0.25, -0.2) is 8.78 Å². The Balaban J connectivity index is 3.46. The van der Waals surface area contributed by atoms with E-state index in [9.17, 15) is 8.78 Å². The van der Waals surface area contributed by atoms with Crippen LogP contribution in [0.25, 0.3) is 0 Å². The first kappa shape index (κ1) is 8.56. The van der Waals surface area contributed by atoms with Crippen LogP contribution in [0.2, 0.25) is 10.0 Å². The summed E-state index contributed by atoms with van der Waals surface area (Å²) < 4.78 is 25.0. The molecule has 1 N–H and O–H groups in total. The number of hydrogen-bond donors (Lipinski definition) is 1. The van der Waals surface area contributed by atoms with Gasteiger partial charge in [-0.05, 0) is 6.07 Å². The Morgan fingerprint density at radius 1 is 1.27 bits per heavy atom. The summed E-state index contributed by atoms with van der Waals surface area (Å²) in [6.07, 6.45) is 0. The normalized spacial score (nSPS) is 10.2. The molecule has 0 saturated carbocycles. The Morgan fingerprint density at radius 3 is 2.36 bits per heavy atom. The summed E-state index contributed by atoms with van der Waals surface area (Å²) in [7, 11) is 0. The highest BCUT2D eigenvalue weighted by molar-refractivity contribution is 6.34. The molecule has 5 heteroatoms. The van der Waals surface area contributed by atoms with E-state index in [1.165, 1.54) is 0 Å². The Labute approximate surface area is 71.2 Å². The number of hydrogen-bond acceptors (Lipinski definition) is 1. The standard InChI is InChI=1S/C6H2Cl2F2O/c7-2-1-3(9)4(8)5(10)6(2)11/h1,11H. The minimum absolute atomic E-state index is 0.399. The molecule has 1 aromatic carbocycles. The molecule has 0 fully saturated rings. The summed E-state index contributed by atoms with van der Waals surface area (Å²) >= 11 is 10.3. The quantitative estimate of drug-likeness (QED) is 0.502. The molecular formula is C6H2Cl2F2O. The van der Waals surface area contributed by atoms with Gasteiger partial charge in [0.2, 0.25) is 0 Å². The maximum Gasteiger partial charge on any atom is 0.187 e. The van der Waals surface area contributed by atoms with E-state index >= 15 is 0 Å². The predicted molar refractivity (Wildman–Crippen MR) is 38.0 cm³/mol. The lowest BCUT2D eigenvalue weighted by Crippen LogP contribution is -1.84. The molecule has 0 saturated heterocycles. The van der Waals surface area contributed by atoms with E-state index < -0.39 is 27.4 Å². The molecule has 11 heavy (non-hydrogen) atoms. The summed E-state index contributed by atoms with van der Waals surface area (Å²) in [5.74, 6) is -3.07. The SMILES string of the molecule is Oc1c(Cl)cc(F)c(Cl)c1F. The molecule has 1 aromatic rings. The van der Waals surface area contributed by atoms with Crippen molar-refractivity contribution in [3.8, 4) is 5.75 Å². The molecule has 0 amide bonds. The van der Waals surface area contributed by atoms with Crippen molar-refractivity contribution in [1.29, 1.82) is 0 Å². The first-order valence-electron chi connectivity index (χ1n) is 2.56. The minimum Gasteiger partial charge on any atom is -0.504 e. The molecule has 0 aliphatic carbocycles. The van der Waals surface area contributed by atoms with Crippen molar-refractivity contribution in [2.24, 2.45) is 0 Å². The lowest BCUT2D eigenvalue weighted by molar-refractivity contribution is 0.428. The van der Waals surface area contributed by atoms with Crippen molar-refractivity contribution in [2.75, 3.05) is 0 Å². The van der Waals surface area contributed by atoms with Crippen LogP contribution in [-0.4, -0.2) is 5.11 Å². The van der Waals surface area contributed by atoms with Gasteiger partial charge in [-0.1, -0.05) is 23.2 Å². The minimum atomic E-state index is -1.24.